The molecule has 0 aromatic heterocycles. The second-order valence-electron chi connectivity index (χ2n) is 4.77. The first-order chi connectivity index (χ1) is 9.92. The highest BCUT2D eigenvalue weighted by Crippen LogP contribution is 2.30. The first-order valence-electron chi connectivity index (χ1n) is 6.80. The molecular weight excluding hydrogens is 276 g/mol. The second-order valence-corrected chi connectivity index (χ2v) is 4.77. The molecule has 7 nitrogen and oxygen atoms in total. The minimum absolute atomic E-state index is 0.103. The predicted octanol–water partition coefficient (Wildman–Crippen LogP) is 2.20. The van der Waals surface area contributed by atoms with E-state index in [1.54, 1.807) is 11.8 Å². The first-order valence-corrected chi connectivity index (χ1v) is 6.80. The van der Waals surface area contributed by atoms with E-state index in [0.717, 1.165) is 18.9 Å². The van der Waals surface area contributed by atoms with Gasteiger partial charge >= 0.3 is 5.97 Å². The fourth-order valence-corrected chi connectivity index (χ4v) is 2.15. The van der Waals surface area contributed by atoms with E-state index in [-0.39, 0.29) is 17.9 Å². The summed E-state index contributed by atoms with van der Waals surface area (Å²) in [5, 5.41) is 29.3. The van der Waals surface area contributed by atoms with Crippen molar-refractivity contribution < 1.29 is 19.9 Å². The Morgan fingerprint density at radius 2 is 2.05 bits per heavy atom. The predicted molar refractivity (Wildman–Crippen MR) is 79.0 cm³/mol. The van der Waals surface area contributed by atoms with E-state index >= 15 is 0 Å². The van der Waals surface area contributed by atoms with Gasteiger partial charge in [-0.25, -0.2) is 4.79 Å². The van der Waals surface area contributed by atoms with Gasteiger partial charge in [-0.05, 0) is 19.4 Å². The number of rotatable bonds is 8. The standard InChI is InChI=1S/C14H20N2O5/c1-3-4-5-15(6-7-17)12-8-11(14(18)19)9-13(10(12)2)16(20)21/h8-9,17H,3-7H2,1-2H3,(H,18,19). The number of aliphatic hydroxyl groups excluding tert-OH is 1. The zero-order valence-electron chi connectivity index (χ0n) is 12.2. The smallest absolute Gasteiger partial charge is 0.336 e. The lowest BCUT2D eigenvalue weighted by Gasteiger charge is -2.25. The summed E-state index contributed by atoms with van der Waals surface area (Å²) in [5.41, 5.74) is 0.560. The third kappa shape index (κ3) is 4.16. The Balaban J connectivity index is 3.35. The summed E-state index contributed by atoms with van der Waals surface area (Å²) in [6.07, 6.45) is 1.78. The Hall–Kier alpha value is -2.15. The Kier molecular flexibility index (Phi) is 6.10. The van der Waals surface area contributed by atoms with Crippen molar-refractivity contribution in [3.63, 3.8) is 0 Å². The summed E-state index contributed by atoms with van der Waals surface area (Å²) in [6, 6.07) is 2.49. The number of anilines is 1. The number of nitro benzene ring substituents is 1. The van der Waals surface area contributed by atoms with Crippen LogP contribution in [-0.2, 0) is 0 Å². The van der Waals surface area contributed by atoms with E-state index in [1.165, 1.54) is 6.07 Å². The quantitative estimate of drug-likeness (QED) is 0.563. The van der Waals surface area contributed by atoms with E-state index in [0.29, 0.717) is 24.3 Å². The third-order valence-corrected chi connectivity index (χ3v) is 3.29. The van der Waals surface area contributed by atoms with E-state index < -0.39 is 10.9 Å². The molecule has 0 saturated carbocycles. The van der Waals surface area contributed by atoms with E-state index in [2.05, 4.69) is 0 Å². The van der Waals surface area contributed by atoms with Crippen molar-refractivity contribution in [3.8, 4) is 0 Å². The van der Waals surface area contributed by atoms with Crippen molar-refractivity contribution >= 4 is 17.3 Å². The summed E-state index contributed by atoms with van der Waals surface area (Å²) < 4.78 is 0. The van der Waals surface area contributed by atoms with Crippen LogP contribution < -0.4 is 4.90 Å². The average molecular weight is 296 g/mol. The maximum atomic E-state index is 11.1. The number of benzene rings is 1. The fraction of sp³-hybridized carbons (Fsp3) is 0.500. The Morgan fingerprint density at radius 1 is 1.38 bits per heavy atom. The lowest BCUT2D eigenvalue weighted by Crippen LogP contribution is -2.28. The van der Waals surface area contributed by atoms with Crippen molar-refractivity contribution in [2.75, 3.05) is 24.6 Å². The SMILES string of the molecule is CCCCN(CCO)c1cc(C(=O)O)cc([N+](=O)[O-])c1C. The molecule has 0 amide bonds. The summed E-state index contributed by atoms with van der Waals surface area (Å²) in [4.78, 5) is 23.4. The van der Waals surface area contributed by atoms with Gasteiger partial charge in [-0.1, -0.05) is 13.3 Å². The van der Waals surface area contributed by atoms with Gasteiger partial charge in [0, 0.05) is 24.8 Å². The molecule has 0 saturated heterocycles. The van der Waals surface area contributed by atoms with Gasteiger partial charge in [0.15, 0.2) is 0 Å². The van der Waals surface area contributed by atoms with Crippen molar-refractivity contribution in [1.29, 1.82) is 0 Å². The van der Waals surface area contributed by atoms with Gasteiger partial charge < -0.3 is 15.1 Å². The molecular formula is C14H20N2O5. The molecule has 0 aliphatic rings. The van der Waals surface area contributed by atoms with Gasteiger partial charge in [-0.3, -0.25) is 10.1 Å². The van der Waals surface area contributed by atoms with Crippen LogP contribution in [0.5, 0.6) is 0 Å². The molecule has 0 aliphatic carbocycles. The molecule has 7 heteroatoms. The van der Waals surface area contributed by atoms with Crippen LogP contribution in [0.15, 0.2) is 12.1 Å². The molecule has 1 aromatic rings. The Labute approximate surface area is 123 Å². The molecule has 1 aromatic carbocycles. The Bertz CT molecular complexity index is 530. The topological polar surface area (TPSA) is 104 Å². The number of carboxylic acids is 1. The highest BCUT2D eigenvalue weighted by Gasteiger charge is 2.21. The molecule has 0 heterocycles. The van der Waals surface area contributed by atoms with Crippen LogP contribution >= 0.6 is 0 Å². The fourth-order valence-electron chi connectivity index (χ4n) is 2.15. The largest absolute Gasteiger partial charge is 0.478 e. The second kappa shape index (κ2) is 7.58. The number of hydrogen-bond acceptors (Lipinski definition) is 5. The van der Waals surface area contributed by atoms with Crippen LogP contribution in [0.25, 0.3) is 0 Å². The van der Waals surface area contributed by atoms with E-state index in [1.807, 2.05) is 6.92 Å². The van der Waals surface area contributed by atoms with Gasteiger partial charge in [0.1, 0.15) is 0 Å². The molecule has 1 rings (SSSR count). The lowest BCUT2D eigenvalue weighted by molar-refractivity contribution is -0.385. The van der Waals surface area contributed by atoms with Crippen molar-refractivity contribution in [3.05, 3.63) is 33.4 Å². The van der Waals surface area contributed by atoms with Crippen LogP contribution in [0, 0.1) is 17.0 Å². The maximum absolute atomic E-state index is 11.1. The number of nitro groups is 1. The van der Waals surface area contributed by atoms with E-state index in [4.69, 9.17) is 10.2 Å². The van der Waals surface area contributed by atoms with Gasteiger partial charge in [-0.15, -0.1) is 0 Å². The molecule has 2 N–H and O–H groups in total. The molecule has 0 radical (unpaired) electrons. The molecule has 0 unspecified atom stereocenters. The van der Waals surface area contributed by atoms with Crippen molar-refractivity contribution in [1.82, 2.24) is 0 Å². The highest BCUT2D eigenvalue weighted by molar-refractivity contribution is 5.90. The van der Waals surface area contributed by atoms with Crippen molar-refractivity contribution in [2.24, 2.45) is 0 Å². The normalized spacial score (nSPS) is 10.4. The average Bonchev–Trinajstić information content (AvgIpc) is 2.43. The molecule has 0 fully saturated rings. The number of aliphatic hydroxyl groups is 1. The van der Waals surface area contributed by atoms with Crippen LogP contribution in [0.3, 0.4) is 0 Å². The van der Waals surface area contributed by atoms with Crippen molar-refractivity contribution in [2.45, 2.75) is 26.7 Å². The number of hydrogen-bond donors (Lipinski definition) is 2. The summed E-state index contributed by atoms with van der Waals surface area (Å²) in [7, 11) is 0. The molecule has 0 atom stereocenters. The van der Waals surface area contributed by atoms with Gasteiger partial charge in [0.25, 0.3) is 5.69 Å². The number of aromatic carboxylic acids is 1. The zero-order chi connectivity index (χ0) is 16.0. The minimum Gasteiger partial charge on any atom is -0.478 e. The summed E-state index contributed by atoms with van der Waals surface area (Å²) >= 11 is 0. The maximum Gasteiger partial charge on any atom is 0.336 e. The summed E-state index contributed by atoms with van der Waals surface area (Å²) in [6.45, 7) is 4.42. The van der Waals surface area contributed by atoms with E-state index in [9.17, 15) is 14.9 Å². The molecule has 0 spiro atoms. The highest BCUT2D eigenvalue weighted by atomic mass is 16.6. The molecule has 116 valence electrons. The monoisotopic (exact) mass is 296 g/mol. The number of nitrogens with zero attached hydrogens (tertiary/aromatic N) is 2. The number of carbonyl (C=O) groups is 1. The van der Waals surface area contributed by atoms with Crippen LogP contribution in [-0.4, -0.2) is 40.8 Å². The number of carboxylic acid groups (broad SMARTS) is 1. The zero-order valence-corrected chi connectivity index (χ0v) is 12.2. The van der Waals surface area contributed by atoms with Crippen LogP contribution in [0.4, 0.5) is 11.4 Å². The van der Waals surface area contributed by atoms with Gasteiger partial charge in [0.2, 0.25) is 0 Å². The molecule has 21 heavy (non-hydrogen) atoms. The van der Waals surface area contributed by atoms with Crippen LogP contribution in [0.2, 0.25) is 0 Å². The van der Waals surface area contributed by atoms with Gasteiger partial charge in [0.05, 0.1) is 22.7 Å². The van der Waals surface area contributed by atoms with Crippen LogP contribution in [0.1, 0.15) is 35.7 Å². The molecule has 0 bridgehead atoms. The summed E-state index contributed by atoms with van der Waals surface area (Å²) in [5.74, 6) is -1.21. The third-order valence-electron chi connectivity index (χ3n) is 3.29. The number of unbranched alkanes of at least 4 members (excludes halogenated alkanes) is 1. The molecule has 0 aliphatic heterocycles. The lowest BCUT2D eigenvalue weighted by atomic mass is 10.1. The van der Waals surface area contributed by atoms with Gasteiger partial charge in [-0.2, -0.15) is 0 Å². The first kappa shape index (κ1) is 16.9. The minimum atomic E-state index is -1.21. The Morgan fingerprint density at radius 3 is 2.52 bits per heavy atom.